The zero-order valence-corrected chi connectivity index (χ0v) is 10.5. The molecule has 2 aromatic carbocycles. The predicted molar refractivity (Wildman–Crippen MR) is 71.5 cm³/mol. The Hall–Kier alpha value is -1.45. The Balaban J connectivity index is 2.18. The molecule has 2 N–H and O–H groups in total. The topological polar surface area (TPSA) is 35.2 Å². The second-order valence-corrected chi connectivity index (χ2v) is 4.78. The fourth-order valence-electron chi connectivity index (χ4n) is 1.54. The molecule has 0 saturated carbocycles. The van der Waals surface area contributed by atoms with Gasteiger partial charge in [-0.05, 0) is 35.9 Å². The molecule has 88 valence electrons. The summed E-state index contributed by atoms with van der Waals surface area (Å²) in [6.45, 7) is 0.576. The molecule has 2 nitrogen and oxygen atoms in total. The summed E-state index contributed by atoms with van der Waals surface area (Å²) in [6.07, 6.45) is 0. The van der Waals surface area contributed by atoms with Gasteiger partial charge in [0.2, 0.25) is 0 Å². The molecule has 0 aromatic heterocycles. The van der Waals surface area contributed by atoms with Crippen LogP contribution in [-0.2, 0) is 6.54 Å². The predicted octanol–water partition coefficient (Wildman–Crippen LogP) is 3.31. The number of methoxy groups -OCH3 is 1. The molecule has 3 heteroatoms. The molecule has 0 radical (unpaired) electrons. The van der Waals surface area contributed by atoms with Gasteiger partial charge in [-0.3, -0.25) is 0 Å². The van der Waals surface area contributed by atoms with Crippen molar-refractivity contribution in [1.82, 2.24) is 0 Å². The molecular weight excluding hydrogens is 230 g/mol. The van der Waals surface area contributed by atoms with E-state index in [0.29, 0.717) is 6.54 Å². The van der Waals surface area contributed by atoms with Crippen LogP contribution in [0.4, 0.5) is 0 Å². The lowest BCUT2D eigenvalue weighted by Gasteiger charge is -2.05. The molecule has 0 aliphatic carbocycles. The lowest BCUT2D eigenvalue weighted by atomic mass is 10.2. The van der Waals surface area contributed by atoms with Crippen molar-refractivity contribution in [2.75, 3.05) is 7.11 Å². The molecule has 0 saturated heterocycles. The summed E-state index contributed by atoms with van der Waals surface area (Å²) in [4.78, 5) is 2.36. The molecule has 0 spiro atoms. The first kappa shape index (κ1) is 12.0. The highest BCUT2D eigenvalue weighted by molar-refractivity contribution is 7.99. The van der Waals surface area contributed by atoms with Gasteiger partial charge in [0.05, 0.1) is 7.11 Å². The van der Waals surface area contributed by atoms with Gasteiger partial charge >= 0.3 is 0 Å². The number of hydrogen-bond acceptors (Lipinski definition) is 3. The Morgan fingerprint density at radius 3 is 2.47 bits per heavy atom. The first-order valence-electron chi connectivity index (χ1n) is 5.43. The second-order valence-electron chi connectivity index (χ2n) is 3.63. The zero-order chi connectivity index (χ0) is 12.1. The van der Waals surface area contributed by atoms with E-state index in [1.54, 1.807) is 18.9 Å². The third-order valence-corrected chi connectivity index (χ3v) is 3.39. The first-order valence-corrected chi connectivity index (χ1v) is 6.24. The maximum atomic E-state index is 5.63. The normalized spacial score (nSPS) is 10.2. The van der Waals surface area contributed by atoms with Crippen LogP contribution in [0.5, 0.6) is 5.75 Å². The highest BCUT2D eigenvalue weighted by Gasteiger charge is 2.00. The highest BCUT2D eigenvalue weighted by Crippen LogP contribution is 2.30. The SMILES string of the molecule is COc1cccc(Sc2cccc(CN)c2)c1. The minimum atomic E-state index is 0.576. The van der Waals surface area contributed by atoms with E-state index < -0.39 is 0 Å². The van der Waals surface area contributed by atoms with Crippen LogP contribution in [-0.4, -0.2) is 7.11 Å². The summed E-state index contributed by atoms with van der Waals surface area (Å²) >= 11 is 1.71. The van der Waals surface area contributed by atoms with E-state index in [-0.39, 0.29) is 0 Å². The van der Waals surface area contributed by atoms with Gasteiger partial charge in [0.15, 0.2) is 0 Å². The Morgan fingerprint density at radius 1 is 1.06 bits per heavy atom. The van der Waals surface area contributed by atoms with Crippen molar-refractivity contribution in [3.05, 3.63) is 54.1 Å². The van der Waals surface area contributed by atoms with E-state index in [1.807, 2.05) is 30.3 Å². The van der Waals surface area contributed by atoms with Crippen molar-refractivity contribution in [1.29, 1.82) is 0 Å². The van der Waals surface area contributed by atoms with E-state index in [1.165, 1.54) is 9.79 Å². The van der Waals surface area contributed by atoms with Crippen molar-refractivity contribution in [2.24, 2.45) is 5.73 Å². The molecule has 0 amide bonds. The molecule has 0 bridgehead atoms. The smallest absolute Gasteiger partial charge is 0.119 e. The molecule has 0 unspecified atom stereocenters. The lowest BCUT2D eigenvalue weighted by molar-refractivity contribution is 0.413. The summed E-state index contributed by atoms with van der Waals surface area (Å²) in [5, 5.41) is 0. The Bertz CT molecular complexity index is 454. The molecular formula is C14H15NOS. The van der Waals surface area contributed by atoms with Gasteiger partial charge in [0.1, 0.15) is 5.75 Å². The van der Waals surface area contributed by atoms with Crippen LogP contribution in [0.3, 0.4) is 0 Å². The molecule has 2 aromatic rings. The van der Waals surface area contributed by atoms with Gasteiger partial charge in [-0.2, -0.15) is 0 Å². The summed E-state index contributed by atoms with van der Waals surface area (Å²) in [5.41, 5.74) is 6.78. The van der Waals surface area contributed by atoms with E-state index in [2.05, 4.69) is 18.2 Å². The number of rotatable bonds is 4. The van der Waals surface area contributed by atoms with E-state index in [0.717, 1.165) is 11.3 Å². The monoisotopic (exact) mass is 245 g/mol. The van der Waals surface area contributed by atoms with E-state index in [9.17, 15) is 0 Å². The van der Waals surface area contributed by atoms with Crippen LogP contribution in [0.1, 0.15) is 5.56 Å². The van der Waals surface area contributed by atoms with Crippen LogP contribution < -0.4 is 10.5 Å². The largest absolute Gasteiger partial charge is 0.497 e. The van der Waals surface area contributed by atoms with Crippen molar-refractivity contribution in [2.45, 2.75) is 16.3 Å². The number of benzene rings is 2. The van der Waals surface area contributed by atoms with Gasteiger partial charge in [-0.15, -0.1) is 0 Å². The van der Waals surface area contributed by atoms with Gasteiger partial charge in [-0.1, -0.05) is 30.0 Å². The third-order valence-electron chi connectivity index (χ3n) is 2.41. The van der Waals surface area contributed by atoms with Gasteiger partial charge in [0.25, 0.3) is 0 Å². The number of hydrogen-bond donors (Lipinski definition) is 1. The highest BCUT2D eigenvalue weighted by atomic mass is 32.2. The van der Waals surface area contributed by atoms with Crippen molar-refractivity contribution in [3.8, 4) is 5.75 Å². The van der Waals surface area contributed by atoms with E-state index >= 15 is 0 Å². The van der Waals surface area contributed by atoms with Crippen LogP contribution in [0.15, 0.2) is 58.3 Å². The van der Waals surface area contributed by atoms with Gasteiger partial charge in [0, 0.05) is 16.3 Å². The Kier molecular flexibility index (Phi) is 4.07. The van der Waals surface area contributed by atoms with E-state index in [4.69, 9.17) is 10.5 Å². The molecule has 0 aliphatic rings. The summed E-state index contributed by atoms with van der Waals surface area (Å²) < 4.78 is 5.20. The maximum Gasteiger partial charge on any atom is 0.119 e. The molecule has 0 fully saturated rings. The molecule has 2 rings (SSSR count). The molecule has 0 heterocycles. The third kappa shape index (κ3) is 3.25. The van der Waals surface area contributed by atoms with Crippen molar-refractivity contribution >= 4 is 11.8 Å². The fourth-order valence-corrected chi connectivity index (χ4v) is 2.49. The average Bonchev–Trinajstić information content (AvgIpc) is 2.39. The quantitative estimate of drug-likeness (QED) is 0.897. The number of nitrogens with two attached hydrogens (primary N) is 1. The lowest BCUT2D eigenvalue weighted by Crippen LogP contribution is -1.95. The zero-order valence-electron chi connectivity index (χ0n) is 9.72. The fraction of sp³-hybridized carbons (Fsp3) is 0.143. The Labute approximate surface area is 106 Å². The minimum absolute atomic E-state index is 0.576. The summed E-state index contributed by atoms with van der Waals surface area (Å²) in [5.74, 6) is 0.880. The molecule has 0 atom stereocenters. The maximum absolute atomic E-state index is 5.63. The van der Waals surface area contributed by atoms with Crippen LogP contribution >= 0.6 is 11.8 Å². The van der Waals surface area contributed by atoms with Gasteiger partial charge < -0.3 is 10.5 Å². The van der Waals surface area contributed by atoms with Crippen molar-refractivity contribution in [3.63, 3.8) is 0 Å². The summed E-state index contributed by atoms with van der Waals surface area (Å²) in [6, 6.07) is 16.3. The minimum Gasteiger partial charge on any atom is -0.497 e. The first-order chi connectivity index (χ1) is 8.31. The standard InChI is InChI=1S/C14H15NOS/c1-16-12-5-3-7-14(9-12)17-13-6-2-4-11(8-13)10-15/h2-9H,10,15H2,1H3. The second kappa shape index (κ2) is 5.75. The molecule has 0 aliphatic heterocycles. The number of ether oxygens (including phenoxy) is 1. The van der Waals surface area contributed by atoms with Gasteiger partial charge in [-0.25, -0.2) is 0 Å². The van der Waals surface area contributed by atoms with Crippen molar-refractivity contribution < 1.29 is 4.74 Å². The summed E-state index contributed by atoms with van der Waals surface area (Å²) in [7, 11) is 1.68. The Morgan fingerprint density at radius 2 is 1.76 bits per heavy atom. The van der Waals surface area contributed by atoms with Crippen LogP contribution in [0.25, 0.3) is 0 Å². The van der Waals surface area contributed by atoms with Crippen LogP contribution in [0, 0.1) is 0 Å². The molecule has 17 heavy (non-hydrogen) atoms. The average molecular weight is 245 g/mol. The van der Waals surface area contributed by atoms with Crippen LogP contribution in [0.2, 0.25) is 0 Å².